The fourth-order valence-corrected chi connectivity index (χ4v) is 4.20. The molecule has 0 spiro atoms. The number of carbonyl (C=O) groups excluding carboxylic acids is 1. The van der Waals surface area contributed by atoms with Crippen molar-refractivity contribution in [2.75, 3.05) is 13.2 Å². The fourth-order valence-electron chi connectivity index (χ4n) is 4.20. The average Bonchev–Trinajstić information content (AvgIpc) is 3.31. The van der Waals surface area contributed by atoms with Crippen LogP contribution in [0, 0.1) is 17.3 Å². The van der Waals surface area contributed by atoms with Gasteiger partial charge >= 0.3 is 6.03 Å². The number of nitrogens with one attached hydrogen (secondary N) is 1. The molecule has 4 nitrogen and oxygen atoms in total. The molecule has 1 saturated heterocycles. The predicted octanol–water partition coefficient (Wildman–Crippen LogP) is 2.38. The molecule has 2 amide bonds. The molecule has 0 bridgehead atoms. The number of amides is 2. The minimum Gasteiger partial charge on any atom is -0.377 e. The van der Waals surface area contributed by atoms with Gasteiger partial charge in [0, 0.05) is 36.6 Å². The van der Waals surface area contributed by atoms with Gasteiger partial charge in [-0.25, -0.2) is 4.79 Å². The van der Waals surface area contributed by atoms with Crippen LogP contribution in [0.25, 0.3) is 0 Å². The van der Waals surface area contributed by atoms with E-state index in [1.807, 2.05) is 0 Å². The zero-order valence-corrected chi connectivity index (χ0v) is 12.6. The number of nitrogens with zero attached hydrogens (tertiary/aromatic N) is 1. The summed E-state index contributed by atoms with van der Waals surface area (Å²) in [6, 6.07) is 1.00. The van der Waals surface area contributed by atoms with Gasteiger partial charge in [0.1, 0.15) is 0 Å². The van der Waals surface area contributed by atoms with Crippen molar-refractivity contribution in [2.45, 2.75) is 64.1 Å². The van der Waals surface area contributed by atoms with Gasteiger partial charge in [0.25, 0.3) is 0 Å². The summed E-state index contributed by atoms with van der Waals surface area (Å²) in [5.74, 6) is 1.31. The molecule has 3 atom stereocenters. The minimum absolute atomic E-state index is 0.0889. The molecule has 1 heterocycles. The van der Waals surface area contributed by atoms with Gasteiger partial charge in [-0.1, -0.05) is 13.8 Å². The first kappa shape index (κ1) is 12.9. The Morgan fingerprint density at radius 2 is 2.00 bits per heavy atom. The van der Waals surface area contributed by atoms with E-state index in [-0.39, 0.29) is 11.4 Å². The number of urea groups is 1. The van der Waals surface area contributed by atoms with Crippen LogP contribution in [0.4, 0.5) is 4.79 Å². The van der Waals surface area contributed by atoms with Crippen molar-refractivity contribution in [3.05, 3.63) is 0 Å². The first-order chi connectivity index (χ1) is 9.57. The summed E-state index contributed by atoms with van der Waals surface area (Å²) >= 11 is 0. The second-order valence-electron chi connectivity index (χ2n) is 7.82. The molecule has 1 N–H and O–H groups in total. The van der Waals surface area contributed by atoms with Gasteiger partial charge in [0.15, 0.2) is 0 Å². The molecule has 4 heteroatoms. The molecule has 4 aliphatic rings. The number of fused-ring (bicyclic) bond motifs is 1. The van der Waals surface area contributed by atoms with Crippen molar-refractivity contribution in [1.29, 1.82) is 0 Å². The summed E-state index contributed by atoms with van der Waals surface area (Å²) in [6.07, 6.45) is 6.47. The molecule has 1 aliphatic heterocycles. The molecular formula is C16H26N2O2. The number of hydrogen-bond donors (Lipinski definition) is 1. The van der Waals surface area contributed by atoms with E-state index in [2.05, 4.69) is 24.1 Å². The molecule has 3 aliphatic carbocycles. The first-order valence-corrected chi connectivity index (χ1v) is 8.26. The average molecular weight is 278 g/mol. The van der Waals surface area contributed by atoms with Crippen molar-refractivity contribution >= 4 is 6.03 Å². The van der Waals surface area contributed by atoms with E-state index in [0.717, 1.165) is 25.5 Å². The third-order valence-electron chi connectivity index (χ3n) is 5.78. The number of hydrogen-bond acceptors (Lipinski definition) is 2. The molecule has 3 saturated carbocycles. The van der Waals surface area contributed by atoms with E-state index in [1.165, 1.54) is 25.7 Å². The van der Waals surface area contributed by atoms with Crippen LogP contribution in [0.15, 0.2) is 0 Å². The monoisotopic (exact) mass is 278 g/mol. The molecule has 0 aromatic carbocycles. The number of rotatable bonds is 4. The molecule has 0 radical (unpaired) electrons. The molecule has 20 heavy (non-hydrogen) atoms. The summed E-state index contributed by atoms with van der Waals surface area (Å²) in [7, 11) is 0. The van der Waals surface area contributed by atoms with E-state index in [9.17, 15) is 4.79 Å². The molecule has 4 rings (SSSR count). The lowest BCUT2D eigenvalue weighted by Gasteiger charge is -2.54. The van der Waals surface area contributed by atoms with Crippen LogP contribution >= 0.6 is 0 Å². The summed E-state index contributed by atoms with van der Waals surface area (Å²) in [4.78, 5) is 14.8. The second kappa shape index (κ2) is 4.36. The highest BCUT2D eigenvalue weighted by Gasteiger charge is 2.60. The molecule has 3 unspecified atom stereocenters. The Morgan fingerprint density at radius 1 is 1.25 bits per heavy atom. The van der Waals surface area contributed by atoms with Gasteiger partial charge in [-0.3, -0.25) is 0 Å². The highest BCUT2D eigenvalue weighted by Crippen LogP contribution is 2.52. The summed E-state index contributed by atoms with van der Waals surface area (Å²) in [5.41, 5.74) is 0.0889. The highest BCUT2D eigenvalue weighted by molar-refractivity contribution is 5.75. The van der Waals surface area contributed by atoms with Gasteiger partial charge in [0.05, 0.1) is 6.10 Å². The summed E-state index contributed by atoms with van der Waals surface area (Å²) < 4.78 is 5.81. The fraction of sp³-hybridized carbons (Fsp3) is 0.938. The first-order valence-electron chi connectivity index (χ1n) is 8.26. The quantitative estimate of drug-likeness (QED) is 0.858. The van der Waals surface area contributed by atoms with Crippen molar-refractivity contribution in [3.8, 4) is 0 Å². The van der Waals surface area contributed by atoms with Gasteiger partial charge in [-0.15, -0.1) is 0 Å². The minimum atomic E-state index is 0.0889. The normalized spacial score (nSPS) is 38.0. The smallest absolute Gasteiger partial charge is 0.317 e. The van der Waals surface area contributed by atoms with Crippen LogP contribution in [-0.4, -0.2) is 42.3 Å². The zero-order chi connectivity index (χ0) is 13.9. The molecule has 0 aromatic rings. The molecular weight excluding hydrogens is 252 g/mol. The van der Waals surface area contributed by atoms with Crippen LogP contribution in [0.3, 0.4) is 0 Å². The van der Waals surface area contributed by atoms with Crippen molar-refractivity contribution < 1.29 is 9.53 Å². The van der Waals surface area contributed by atoms with Gasteiger partial charge in [-0.2, -0.15) is 0 Å². The van der Waals surface area contributed by atoms with Crippen LogP contribution in [0.1, 0.15) is 46.0 Å². The largest absolute Gasteiger partial charge is 0.377 e. The standard InChI is InChI=1S/C16H26N2O2/c1-16(2)13(12-7-8-20-14(12)16)17-15(19)18(11-5-6-11)9-10-3-4-10/h10-14H,3-9H2,1-2H3,(H,17,19). The zero-order valence-electron chi connectivity index (χ0n) is 12.6. The summed E-state index contributed by atoms with van der Waals surface area (Å²) in [5, 5.41) is 3.34. The molecule has 4 fully saturated rings. The maximum absolute atomic E-state index is 12.6. The van der Waals surface area contributed by atoms with E-state index < -0.39 is 0 Å². The maximum Gasteiger partial charge on any atom is 0.317 e. The van der Waals surface area contributed by atoms with Crippen molar-refractivity contribution in [1.82, 2.24) is 10.2 Å². The lowest BCUT2D eigenvalue weighted by atomic mass is 9.57. The van der Waals surface area contributed by atoms with E-state index in [4.69, 9.17) is 4.74 Å². The van der Waals surface area contributed by atoms with Gasteiger partial charge in [-0.05, 0) is 38.0 Å². The van der Waals surface area contributed by atoms with Crippen molar-refractivity contribution in [3.63, 3.8) is 0 Å². The third kappa shape index (κ3) is 2.03. The number of ether oxygens (including phenoxy) is 1. The van der Waals surface area contributed by atoms with E-state index >= 15 is 0 Å². The van der Waals surface area contributed by atoms with Gasteiger partial charge in [0.2, 0.25) is 0 Å². The van der Waals surface area contributed by atoms with Crippen molar-refractivity contribution in [2.24, 2.45) is 17.3 Å². The van der Waals surface area contributed by atoms with Crippen LogP contribution in [-0.2, 0) is 4.74 Å². The molecule has 0 aromatic heterocycles. The Bertz CT molecular complexity index is 415. The van der Waals surface area contributed by atoms with E-state index in [0.29, 0.717) is 24.1 Å². The second-order valence-corrected chi connectivity index (χ2v) is 7.82. The molecule has 112 valence electrons. The van der Waals surface area contributed by atoms with Crippen LogP contribution < -0.4 is 5.32 Å². The summed E-state index contributed by atoms with van der Waals surface area (Å²) in [6.45, 7) is 6.30. The maximum atomic E-state index is 12.6. The lowest BCUT2D eigenvalue weighted by Crippen LogP contribution is -2.68. The Morgan fingerprint density at radius 3 is 2.65 bits per heavy atom. The number of carbonyl (C=O) groups is 1. The van der Waals surface area contributed by atoms with Crippen LogP contribution in [0.5, 0.6) is 0 Å². The Kier molecular flexibility index (Phi) is 2.82. The highest BCUT2D eigenvalue weighted by atomic mass is 16.5. The third-order valence-corrected chi connectivity index (χ3v) is 5.78. The van der Waals surface area contributed by atoms with E-state index in [1.54, 1.807) is 0 Å². The lowest BCUT2D eigenvalue weighted by molar-refractivity contribution is -0.109. The Balaban J connectivity index is 1.40. The Hall–Kier alpha value is -0.770. The van der Waals surface area contributed by atoms with Gasteiger partial charge < -0.3 is 15.0 Å². The topological polar surface area (TPSA) is 41.6 Å². The SMILES string of the molecule is CC1(C)C(NC(=O)N(CC2CC2)C2CC2)C2CCOC21. The Labute approximate surface area is 121 Å². The van der Waals surface area contributed by atoms with Crippen LogP contribution in [0.2, 0.25) is 0 Å². The predicted molar refractivity (Wildman–Crippen MR) is 76.4 cm³/mol.